The van der Waals surface area contributed by atoms with Crippen molar-refractivity contribution < 1.29 is 13.9 Å². The van der Waals surface area contributed by atoms with Crippen LogP contribution in [0.3, 0.4) is 0 Å². The van der Waals surface area contributed by atoms with E-state index in [0.717, 1.165) is 0 Å². The molecule has 66 valence electrons. The molecule has 0 aromatic heterocycles. The van der Waals surface area contributed by atoms with Gasteiger partial charge >= 0.3 is 6.72 Å². The van der Waals surface area contributed by atoms with Crippen molar-refractivity contribution in [2.24, 2.45) is 0 Å². The minimum atomic E-state index is -3.06. The Bertz CT molecular complexity index is 288. The van der Waals surface area contributed by atoms with Crippen molar-refractivity contribution in [3.8, 4) is 5.75 Å². The number of para-hydroxylation sites is 1. The molecule has 1 atom stereocenters. The monoisotopic (exact) mass is 204 g/mol. The van der Waals surface area contributed by atoms with Crippen molar-refractivity contribution in [1.29, 1.82) is 0 Å². The second-order valence-electron chi connectivity index (χ2n) is 2.06. The lowest BCUT2D eigenvalue weighted by molar-refractivity contribution is 0.313. The molecule has 0 radical (unpaired) electrons. The van der Waals surface area contributed by atoms with Crippen LogP contribution < -0.4 is 4.52 Å². The molecule has 0 fully saturated rings. The van der Waals surface area contributed by atoms with Crippen molar-refractivity contribution in [3.63, 3.8) is 0 Å². The van der Waals surface area contributed by atoms with Crippen LogP contribution in [0, 0.1) is 0 Å². The van der Waals surface area contributed by atoms with E-state index in [9.17, 15) is 4.89 Å². The maximum atomic E-state index is 9.26. The highest BCUT2D eigenvalue weighted by Crippen LogP contribution is 2.42. The van der Waals surface area contributed by atoms with Gasteiger partial charge in [-0.25, -0.2) is 0 Å². The van der Waals surface area contributed by atoms with Gasteiger partial charge in [0.25, 0.3) is 0 Å². The highest BCUT2D eigenvalue weighted by atomic mass is 32.5. The molecule has 1 aromatic rings. The molecule has 1 N–H and O–H groups in total. The highest BCUT2D eigenvalue weighted by molar-refractivity contribution is 8.07. The quantitative estimate of drug-likeness (QED) is 0.763. The van der Waals surface area contributed by atoms with E-state index in [2.05, 4.69) is 16.3 Å². The van der Waals surface area contributed by atoms with Crippen LogP contribution in [0.4, 0.5) is 0 Å². The molecule has 0 amide bonds. The van der Waals surface area contributed by atoms with Crippen molar-refractivity contribution in [2.45, 2.75) is 0 Å². The number of hydrogen-bond donors (Lipinski definition) is 1. The van der Waals surface area contributed by atoms with Crippen molar-refractivity contribution in [3.05, 3.63) is 30.3 Å². The van der Waals surface area contributed by atoms with Crippen LogP contribution in [-0.2, 0) is 16.3 Å². The molecule has 3 nitrogen and oxygen atoms in total. The third-order valence-electron chi connectivity index (χ3n) is 1.19. The van der Waals surface area contributed by atoms with E-state index in [-0.39, 0.29) is 0 Å². The SMILES string of the molecule is COP(O)(=S)Oc1ccccc1. The Hall–Kier alpha value is -0.410. The molecule has 5 heteroatoms. The minimum Gasteiger partial charge on any atom is -0.424 e. The van der Waals surface area contributed by atoms with E-state index >= 15 is 0 Å². The number of hydrogen-bond acceptors (Lipinski definition) is 3. The first kappa shape index (κ1) is 9.68. The lowest BCUT2D eigenvalue weighted by Crippen LogP contribution is -1.92. The van der Waals surface area contributed by atoms with Crippen LogP contribution in [0.5, 0.6) is 5.75 Å². The molecule has 0 bridgehead atoms. The summed E-state index contributed by atoms with van der Waals surface area (Å²) in [5, 5.41) is 0. The van der Waals surface area contributed by atoms with Crippen LogP contribution in [0.15, 0.2) is 30.3 Å². The maximum absolute atomic E-state index is 9.26. The van der Waals surface area contributed by atoms with E-state index in [1.807, 2.05) is 6.07 Å². The molecule has 0 spiro atoms. The van der Waals surface area contributed by atoms with Gasteiger partial charge in [0.1, 0.15) is 5.75 Å². The largest absolute Gasteiger partial charge is 0.424 e. The van der Waals surface area contributed by atoms with Crippen molar-refractivity contribution in [2.75, 3.05) is 7.11 Å². The second-order valence-corrected chi connectivity index (χ2v) is 4.92. The first-order valence-electron chi connectivity index (χ1n) is 3.27. The molecule has 1 unspecified atom stereocenters. The summed E-state index contributed by atoms with van der Waals surface area (Å²) in [6, 6.07) is 8.84. The fourth-order valence-corrected chi connectivity index (χ4v) is 1.37. The zero-order chi connectivity index (χ0) is 9.03. The number of rotatable bonds is 3. The van der Waals surface area contributed by atoms with Gasteiger partial charge in [0.05, 0.1) is 0 Å². The molecule has 1 aromatic carbocycles. The van der Waals surface area contributed by atoms with Crippen LogP contribution in [0.1, 0.15) is 0 Å². The fraction of sp³-hybridized carbons (Fsp3) is 0.143. The van der Waals surface area contributed by atoms with Crippen molar-refractivity contribution in [1.82, 2.24) is 0 Å². The Kier molecular flexibility index (Phi) is 3.23. The van der Waals surface area contributed by atoms with E-state index < -0.39 is 6.72 Å². The lowest BCUT2D eigenvalue weighted by atomic mass is 10.3. The summed E-state index contributed by atoms with van der Waals surface area (Å²) in [5.74, 6) is 0.519. The Morgan fingerprint density at radius 3 is 2.42 bits per heavy atom. The Morgan fingerprint density at radius 2 is 1.92 bits per heavy atom. The predicted octanol–water partition coefficient (Wildman–Crippen LogP) is 1.93. The molecular formula is C7H9O3PS. The standard InChI is InChI=1S/C7H9O3PS/c1-9-11(8,12)10-7-5-3-2-4-6-7/h2-6H,1H3,(H,8,12). The Morgan fingerprint density at radius 1 is 1.33 bits per heavy atom. The zero-order valence-corrected chi connectivity index (χ0v) is 8.22. The highest BCUT2D eigenvalue weighted by Gasteiger charge is 2.13. The lowest BCUT2D eigenvalue weighted by Gasteiger charge is -2.13. The summed E-state index contributed by atoms with van der Waals surface area (Å²) in [7, 11) is 1.32. The molecular weight excluding hydrogens is 195 g/mol. The molecule has 0 aliphatic carbocycles. The van der Waals surface area contributed by atoms with Crippen LogP contribution >= 0.6 is 6.72 Å². The minimum absolute atomic E-state index is 0.519. The van der Waals surface area contributed by atoms with Gasteiger partial charge in [-0.15, -0.1) is 0 Å². The van der Waals surface area contributed by atoms with E-state index in [1.54, 1.807) is 24.3 Å². The van der Waals surface area contributed by atoms with Gasteiger partial charge in [0.2, 0.25) is 0 Å². The number of benzene rings is 1. The summed E-state index contributed by atoms with van der Waals surface area (Å²) in [6.45, 7) is -3.06. The van der Waals surface area contributed by atoms with E-state index in [0.29, 0.717) is 5.75 Å². The van der Waals surface area contributed by atoms with Gasteiger partial charge in [-0.3, -0.25) is 0 Å². The third-order valence-corrected chi connectivity index (χ3v) is 2.77. The summed E-state index contributed by atoms with van der Waals surface area (Å²) in [6.07, 6.45) is 0. The average molecular weight is 204 g/mol. The first-order valence-corrected chi connectivity index (χ1v) is 5.86. The summed E-state index contributed by atoms with van der Waals surface area (Å²) in [4.78, 5) is 9.26. The topological polar surface area (TPSA) is 38.7 Å². The normalized spacial score (nSPS) is 15.2. The summed E-state index contributed by atoms with van der Waals surface area (Å²) >= 11 is 4.65. The molecule has 0 heterocycles. The Labute approximate surface area is 76.2 Å². The van der Waals surface area contributed by atoms with Crippen molar-refractivity contribution >= 4 is 18.5 Å². The van der Waals surface area contributed by atoms with Gasteiger partial charge in [0.15, 0.2) is 0 Å². The Balaban J connectivity index is 2.71. The summed E-state index contributed by atoms with van der Waals surface area (Å²) in [5.41, 5.74) is 0. The van der Waals surface area contributed by atoms with Crippen LogP contribution in [-0.4, -0.2) is 12.0 Å². The molecule has 0 saturated carbocycles. The molecule has 1 rings (SSSR count). The first-order chi connectivity index (χ1) is 5.64. The molecule has 0 saturated heterocycles. The van der Waals surface area contributed by atoms with Gasteiger partial charge in [0, 0.05) is 18.9 Å². The van der Waals surface area contributed by atoms with Crippen LogP contribution in [0.2, 0.25) is 0 Å². The summed E-state index contributed by atoms with van der Waals surface area (Å²) < 4.78 is 9.61. The molecule has 0 aliphatic rings. The maximum Gasteiger partial charge on any atom is 0.377 e. The van der Waals surface area contributed by atoms with E-state index in [4.69, 9.17) is 4.52 Å². The van der Waals surface area contributed by atoms with Crippen LogP contribution in [0.25, 0.3) is 0 Å². The van der Waals surface area contributed by atoms with Gasteiger partial charge in [-0.1, -0.05) is 18.2 Å². The predicted molar refractivity (Wildman–Crippen MR) is 50.6 cm³/mol. The second kappa shape index (κ2) is 4.01. The molecule has 12 heavy (non-hydrogen) atoms. The third kappa shape index (κ3) is 2.91. The fourth-order valence-electron chi connectivity index (χ4n) is 0.652. The zero-order valence-electron chi connectivity index (χ0n) is 6.51. The van der Waals surface area contributed by atoms with E-state index in [1.165, 1.54) is 7.11 Å². The average Bonchev–Trinajstić information content (AvgIpc) is 2.06. The van der Waals surface area contributed by atoms with Gasteiger partial charge < -0.3 is 13.9 Å². The smallest absolute Gasteiger partial charge is 0.377 e. The van der Waals surface area contributed by atoms with Gasteiger partial charge in [-0.2, -0.15) is 0 Å². The molecule has 0 aliphatic heterocycles. The van der Waals surface area contributed by atoms with Gasteiger partial charge in [-0.05, 0) is 12.1 Å².